The predicted octanol–water partition coefficient (Wildman–Crippen LogP) is 5.77. The van der Waals surface area contributed by atoms with Crippen molar-refractivity contribution >= 4 is 23.2 Å². The highest BCUT2D eigenvalue weighted by atomic mass is 35.5. The summed E-state index contributed by atoms with van der Waals surface area (Å²) in [5.41, 5.74) is 4.18. The van der Waals surface area contributed by atoms with Crippen LogP contribution in [0.3, 0.4) is 0 Å². The Balaban J connectivity index is 2.14. The van der Waals surface area contributed by atoms with Crippen molar-refractivity contribution in [1.82, 2.24) is 4.57 Å². The number of hydrogen-bond donors (Lipinski definition) is 0. The lowest BCUT2D eigenvalue weighted by atomic mass is 10.1. The quantitative estimate of drug-likeness (QED) is 0.594. The van der Waals surface area contributed by atoms with Crippen molar-refractivity contribution in [3.8, 4) is 22.7 Å². The first kappa shape index (κ1) is 15.0. The fourth-order valence-corrected chi connectivity index (χ4v) is 3.03. The predicted molar refractivity (Wildman–Crippen MR) is 92.5 cm³/mol. The number of hydrogen-bond acceptors (Lipinski definition) is 1. The maximum absolute atomic E-state index is 6.36. The summed E-state index contributed by atoms with van der Waals surface area (Å²) in [5.74, 6) is 0.833. The van der Waals surface area contributed by atoms with E-state index in [0.717, 1.165) is 28.4 Å². The number of ether oxygens (including phenoxy) is 1. The van der Waals surface area contributed by atoms with E-state index in [9.17, 15) is 0 Å². The Morgan fingerprint density at radius 2 is 1.64 bits per heavy atom. The van der Waals surface area contributed by atoms with Crippen molar-refractivity contribution in [2.75, 3.05) is 7.11 Å². The van der Waals surface area contributed by atoms with Crippen molar-refractivity contribution in [1.29, 1.82) is 0 Å². The van der Waals surface area contributed by atoms with Gasteiger partial charge < -0.3 is 9.30 Å². The van der Waals surface area contributed by atoms with Crippen LogP contribution in [0.2, 0.25) is 10.0 Å². The molecule has 4 heteroatoms. The summed E-state index contributed by atoms with van der Waals surface area (Å²) in [6.45, 7) is 2.07. The van der Waals surface area contributed by atoms with Gasteiger partial charge in [-0.1, -0.05) is 23.2 Å². The standard InChI is InChI=1S/C18H15Cl2NO/c1-12-3-10-18(16-9-4-13(19)11-17(16)20)21(12)14-5-7-15(22-2)8-6-14/h3-11H,1-2H3. The molecule has 0 bridgehead atoms. The molecule has 0 aliphatic heterocycles. The SMILES string of the molecule is COc1ccc(-n2c(C)ccc2-c2ccc(Cl)cc2Cl)cc1. The van der Waals surface area contributed by atoms with Crippen molar-refractivity contribution in [2.24, 2.45) is 0 Å². The lowest BCUT2D eigenvalue weighted by Crippen LogP contribution is -1.99. The van der Waals surface area contributed by atoms with Gasteiger partial charge in [-0.2, -0.15) is 0 Å². The summed E-state index contributed by atoms with van der Waals surface area (Å²) in [5, 5.41) is 1.27. The molecule has 0 radical (unpaired) electrons. The molecule has 0 aliphatic rings. The van der Waals surface area contributed by atoms with E-state index in [1.165, 1.54) is 0 Å². The van der Waals surface area contributed by atoms with Crippen LogP contribution >= 0.6 is 23.2 Å². The van der Waals surface area contributed by atoms with Crippen LogP contribution in [0.1, 0.15) is 5.69 Å². The van der Waals surface area contributed by atoms with Crippen LogP contribution in [0, 0.1) is 6.92 Å². The van der Waals surface area contributed by atoms with Crippen LogP contribution in [0.15, 0.2) is 54.6 Å². The highest BCUT2D eigenvalue weighted by molar-refractivity contribution is 6.36. The first-order chi connectivity index (χ1) is 10.6. The van der Waals surface area contributed by atoms with Crippen LogP contribution in [-0.2, 0) is 0 Å². The van der Waals surface area contributed by atoms with Gasteiger partial charge in [-0.25, -0.2) is 0 Å². The Morgan fingerprint density at radius 1 is 0.909 bits per heavy atom. The fraction of sp³-hybridized carbons (Fsp3) is 0.111. The van der Waals surface area contributed by atoms with Gasteiger partial charge in [0.2, 0.25) is 0 Å². The van der Waals surface area contributed by atoms with E-state index in [4.69, 9.17) is 27.9 Å². The number of methoxy groups -OCH3 is 1. The third-order valence-corrected chi connectivity index (χ3v) is 4.16. The molecular formula is C18H15Cl2NO. The molecule has 0 saturated heterocycles. The average Bonchev–Trinajstić information content (AvgIpc) is 2.89. The molecule has 0 spiro atoms. The topological polar surface area (TPSA) is 14.2 Å². The van der Waals surface area contributed by atoms with Crippen LogP contribution in [-0.4, -0.2) is 11.7 Å². The molecule has 0 atom stereocenters. The molecule has 1 heterocycles. The Hall–Kier alpha value is -1.90. The summed E-state index contributed by atoms with van der Waals surface area (Å²) in [4.78, 5) is 0. The van der Waals surface area contributed by atoms with Crippen LogP contribution < -0.4 is 4.74 Å². The summed E-state index contributed by atoms with van der Waals surface area (Å²) < 4.78 is 7.38. The number of benzene rings is 2. The number of aryl methyl sites for hydroxylation is 1. The minimum Gasteiger partial charge on any atom is -0.497 e. The van der Waals surface area contributed by atoms with Crippen molar-refractivity contribution in [3.05, 3.63) is 70.3 Å². The zero-order chi connectivity index (χ0) is 15.7. The Morgan fingerprint density at radius 3 is 2.27 bits per heavy atom. The molecule has 2 aromatic carbocycles. The molecule has 0 amide bonds. The molecule has 3 aromatic rings. The van der Waals surface area contributed by atoms with Crippen LogP contribution in [0.5, 0.6) is 5.75 Å². The minimum atomic E-state index is 0.632. The second-order valence-electron chi connectivity index (χ2n) is 5.02. The normalized spacial score (nSPS) is 10.7. The summed E-state index contributed by atoms with van der Waals surface area (Å²) in [6, 6.07) is 17.6. The molecule has 0 unspecified atom stereocenters. The van der Waals surface area contributed by atoms with Gasteiger partial charge >= 0.3 is 0 Å². The third kappa shape index (κ3) is 2.72. The molecule has 2 nitrogen and oxygen atoms in total. The molecule has 0 fully saturated rings. The molecule has 1 aromatic heterocycles. The molecule has 22 heavy (non-hydrogen) atoms. The van der Waals surface area contributed by atoms with E-state index in [1.807, 2.05) is 36.4 Å². The maximum Gasteiger partial charge on any atom is 0.119 e. The lowest BCUT2D eigenvalue weighted by molar-refractivity contribution is 0.414. The minimum absolute atomic E-state index is 0.632. The van der Waals surface area contributed by atoms with Gasteiger partial charge in [0, 0.05) is 22.0 Å². The Kier molecular flexibility index (Phi) is 4.14. The van der Waals surface area contributed by atoms with Gasteiger partial charge in [0.15, 0.2) is 0 Å². The van der Waals surface area contributed by atoms with Crippen LogP contribution in [0.4, 0.5) is 0 Å². The molecular weight excluding hydrogens is 317 g/mol. The first-order valence-electron chi connectivity index (χ1n) is 6.88. The fourth-order valence-electron chi connectivity index (χ4n) is 2.52. The summed E-state index contributed by atoms with van der Waals surface area (Å²) in [6.07, 6.45) is 0. The van der Waals surface area contributed by atoms with E-state index in [2.05, 4.69) is 23.6 Å². The zero-order valence-electron chi connectivity index (χ0n) is 12.3. The van der Waals surface area contributed by atoms with Gasteiger partial charge in [-0.05, 0) is 61.5 Å². The number of nitrogens with zero attached hydrogens (tertiary/aromatic N) is 1. The molecule has 0 saturated carbocycles. The van der Waals surface area contributed by atoms with Gasteiger partial charge in [0.05, 0.1) is 17.8 Å². The van der Waals surface area contributed by atoms with Gasteiger partial charge in [0.1, 0.15) is 5.75 Å². The lowest BCUT2D eigenvalue weighted by Gasteiger charge is -2.14. The first-order valence-corrected chi connectivity index (χ1v) is 7.64. The van der Waals surface area contributed by atoms with Gasteiger partial charge in [0.25, 0.3) is 0 Å². The monoisotopic (exact) mass is 331 g/mol. The van der Waals surface area contributed by atoms with Gasteiger partial charge in [-0.15, -0.1) is 0 Å². The number of halogens is 2. The summed E-state index contributed by atoms with van der Waals surface area (Å²) >= 11 is 12.4. The second kappa shape index (κ2) is 6.07. The van der Waals surface area contributed by atoms with Crippen LogP contribution in [0.25, 0.3) is 16.9 Å². The average molecular weight is 332 g/mol. The van der Waals surface area contributed by atoms with Crippen molar-refractivity contribution in [2.45, 2.75) is 6.92 Å². The van der Waals surface area contributed by atoms with Crippen molar-refractivity contribution in [3.63, 3.8) is 0 Å². The van der Waals surface area contributed by atoms with Crippen molar-refractivity contribution < 1.29 is 4.74 Å². The zero-order valence-corrected chi connectivity index (χ0v) is 13.8. The second-order valence-corrected chi connectivity index (χ2v) is 5.86. The third-order valence-electron chi connectivity index (χ3n) is 3.61. The van der Waals surface area contributed by atoms with E-state index in [-0.39, 0.29) is 0 Å². The molecule has 3 rings (SSSR count). The number of aromatic nitrogens is 1. The highest BCUT2D eigenvalue weighted by Gasteiger charge is 2.12. The largest absolute Gasteiger partial charge is 0.497 e. The van der Waals surface area contributed by atoms with E-state index in [0.29, 0.717) is 10.0 Å². The van der Waals surface area contributed by atoms with E-state index >= 15 is 0 Å². The molecule has 112 valence electrons. The van der Waals surface area contributed by atoms with Gasteiger partial charge in [-0.3, -0.25) is 0 Å². The Bertz CT molecular complexity index is 806. The van der Waals surface area contributed by atoms with E-state index in [1.54, 1.807) is 13.2 Å². The number of rotatable bonds is 3. The molecule has 0 N–H and O–H groups in total. The highest BCUT2D eigenvalue weighted by Crippen LogP contribution is 2.33. The summed E-state index contributed by atoms with van der Waals surface area (Å²) in [7, 11) is 1.66. The van der Waals surface area contributed by atoms with E-state index < -0.39 is 0 Å². The Labute approximate surface area is 139 Å². The molecule has 0 aliphatic carbocycles. The smallest absolute Gasteiger partial charge is 0.119 e. The maximum atomic E-state index is 6.36.